The topological polar surface area (TPSA) is 12.0 Å². The van der Waals surface area contributed by atoms with E-state index in [1.807, 2.05) is 20.8 Å². The van der Waals surface area contributed by atoms with E-state index >= 15 is 0 Å². The molecule has 0 aliphatic heterocycles. The Hall–Kier alpha value is -0.110. The van der Waals surface area contributed by atoms with Crippen LogP contribution >= 0.6 is 0 Å². The van der Waals surface area contributed by atoms with Gasteiger partial charge in [-0.05, 0) is 19.8 Å². The first kappa shape index (κ1) is 7.89. The van der Waals surface area contributed by atoms with Crippen molar-refractivity contribution >= 4 is 0 Å². The summed E-state index contributed by atoms with van der Waals surface area (Å²) in [5.74, 6) is 0. The first-order valence-electron chi connectivity index (χ1n) is 3.06. The molecule has 2 heteroatoms. The zero-order valence-corrected chi connectivity index (χ0v) is 5.79. The lowest BCUT2D eigenvalue weighted by Crippen LogP contribution is -2.35. The van der Waals surface area contributed by atoms with Crippen molar-refractivity contribution < 1.29 is 4.48 Å². The van der Waals surface area contributed by atoms with Gasteiger partial charge in [0.05, 0.1) is 0 Å². The monoisotopic (exact) mass is 119 g/mol. The molecular weight excluding hydrogens is 105 g/mol. The Balaban J connectivity index is 3.58. The average molecular weight is 119 g/mol. The fraction of sp³-hybridized carbons (Fsp3) is 1.00. The molecule has 8 heavy (non-hydrogen) atoms. The fourth-order valence-electron chi connectivity index (χ4n) is 0.384. The molecule has 1 N–H and O–H groups in total. The molecular formula is C6H14FN. The van der Waals surface area contributed by atoms with E-state index in [4.69, 9.17) is 0 Å². The van der Waals surface area contributed by atoms with Crippen molar-refractivity contribution in [1.29, 1.82) is 0 Å². The number of nitrogens with one attached hydrogen (secondary N) is 1. The first-order valence-corrected chi connectivity index (χ1v) is 3.06. The van der Waals surface area contributed by atoms with Crippen molar-refractivity contribution in [1.82, 2.24) is 5.54 Å². The molecule has 0 fully saturated rings. The summed E-state index contributed by atoms with van der Waals surface area (Å²) in [6.45, 7) is 5.80. The van der Waals surface area contributed by atoms with Crippen molar-refractivity contribution in [3.05, 3.63) is 0 Å². The second-order valence-corrected chi connectivity index (χ2v) is 2.36. The molecule has 0 aromatic heterocycles. The van der Waals surface area contributed by atoms with Crippen LogP contribution in [0.3, 0.4) is 0 Å². The Morgan fingerprint density at radius 3 is 1.75 bits per heavy atom. The number of rotatable bonds is 3. The summed E-state index contributed by atoms with van der Waals surface area (Å²) in [6, 6.07) is 0. The molecule has 0 radical (unpaired) electrons. The Morgan fingerprint density at radius 1 is 1.38 bits per heavy atom. The Kier molecular flexibility index (Phi) is 2.98. The maximum Gasteiger partial charge on any atom is 0.0448 e. The minimum atomic E-state index is -0.292. The van der Waals surface area contributed by atoms with Crippen LogP contribution in [0.5, 0.6) is 0 Å². The van der Waals surface area contributed by atoms with Gasteiger partial charge in [-0.2, -0.15) is 5.54 Å². The van der Waals surface area contributed by atoms with Crippen molar-refractivity contribution in [2.24, 2.45) is 0 Å². The molecule has 0 aromatic rings. The zero-order chi connectivity index (χ0) is 6.62. The van der Waals surface area contributed by atoms with Crippen LogP contribution in [0.25, 0.3) is 0 Å². The number of hydrogen-bond acceptors (Lipinski definition) is 1. The molecule has 0 saturated heterocycles. The summed E-state index contributed by atoms with van der Waals surface area (Å²) in [4.78, 5) is 0. The van der Waals surface area contributed by atoms with Crippen molar-refractivity contribution in [3.63, 3.8) is 0 Å². The van der Waals surface area contributed by atoms with Crippen LogP contribution < -0.4 is 5.54 Å². The average Bonchev–Trinajstić information content (AvgIpc) is 1.87. The molecule has 0 aliphatic carbocycles. The third-order valence-corrected chi connectivity index (χ3v) is 1.79. The van der Waals surface area contributed by atoms with E-state index in [1.54, 1.807) is 5.54 Å². The lowest BCUT2D eigenvalue weighted by atomic mass is 9.97. The van der Waals surface area contributed by atoms with E-state index < -0.39 is 0 Å². The van der Waals surface area contributed by atoms with Crippen molar-refractivity contribution in [2.45, 2.75) is 39.2 Å². The zero-order valence-electron chi connectivity index (χ0n) is 5.79. The summed E-state index contributed by atoms with van der Waals surface area (Å²) < 4.78 is 11.8. The van der Waals surface area contributed by atoms with Crippen LogP contribution in [-0.2, 0) is 0 Å². The highest BCUT2D eigenvalue weighted by Gasteiger charge is 2.17. The lowest BCUT2D eigenvalue weighted by molar-refractivity contribution is 0.174. The first-order chi connectivity index (χ1) is 3.68. The fourth-order valence-corrected chi connectivity index (χ4v) is 0.384. The standard InChI is InChI=1S/C6H14FN/c1-4-6(3,5-2)8-7/h8H,4-5H2,1-3H3. The van der Waals surface area contributed by atoms with Crippen LogP contribution in [0.2, 0.25) is 0 Å². The molecule has 0 atom stereocenters. The van der Waals surface area contributed by atoms with Crippen LogP contribution in [0, 0.1) is 0 Å². The summed E-state index contributed by atoms with van der Waals surface area (Å²) in [5, 5.41) is 0. The number of halogens is 1. The van der Waals surface area contributed by atoms with E-state index in [-0.39, 0.29) is 5.54 Å². The SMILES string of the molecule is CCC(C)(CC)NF. The third-order valence-electron chi connectivity index (χ3n) is 1.79. The van der Waals surface area contributed by atoms with Gasteiger partial charge in [-0.15, -0.1) is 4.48 Å². The van der Waals surface area contributed by atoms with Crippen LogP contribution in [0.4, 0.5) is 4.48 Å². The summed E-state index contributed by atoms with van der Waals surface area (Å²) in [6.07, 6.45) is 1.67. The molecule has 0 amide bonds. The van der Waals surface area contributed by atoms with Gasteiger partial charge in [-0.1, -0.05) is 13.8 Å². The third kappa shape index (κ3) is 1.78. The largest absolute Gasteiger partial charge is 0.153 e. The van der Waals surface area contributed by atoms with Gasteiger partial charge in [0.2, 0.25) is 0 Å². The van der Waals surface area contributed by atoms with Crippen LogP contribution in [0.1, 0.15) is 33.6 Å². The summed E-state index contributed by atoms with van der Waals surface area (Å²) in [7, 11) is 0. The molecule has 0 bridgehead atoms. The van der Waals surface area contributed by atoms with Crippen LogP contribution in [0.15, 0.2) is 0 Å². The lowest BCUT2D eigenvalue weighted by Gasteiger charge is -2.21. The molecule has 0 saturated carbocycles. The molecule has 0 unspecified atom stereocenters. The highest BCUT2D eigenvalue weighted by molar-refractivity contribution is 4.74. The maximum atomic E-state index is 11.8. The smallest absolute Gasteiger partial charge is 0.0448 e. The highest BCUT2D eigenvalue weighted by atomic mass is 19.2. The molecule has 1 nitrogen and oxygen atoms in total. The predicted molar refractivity (Wildman–Crippen MR) is 33.2 cm³/mol. The molecule has 50 valence electrons. The Labute approximate surface area is 50.2 Å². The van der Waals surface area contributed by atoms with Gasteiger partial charge in [0.25, 0.3) is 0 Å². The van der Waals surface area contributed by atoms with E-state index in [2.05, 4.69) is 0 Å². The molecule has 0 aliphatic rings. The number of hydrogen-bond donors (Lipinski definition) is 1. The van der Waals surface area contributed by atoms with Crippen molar-refractivity contribution in [2.75, 3.05) is 0 Å². The maximum absolute atomic E-state index is 11.8. The molecule has 0 spiro atoms. The van der Waals surface area contributed by atoms with Gasteiger partial charge in [-0.25, -0.2) is 0 Å². The molecule has 0 rings (SSSR count). The normalized spacial score (nSPS) is 12.0. The van der Waals surface area contributed by atoms with Gasteiger partial charge >= 0.3 is 0 Å². The predicted octanol–water partition coefficient (Wildman–Crippen LogP) is 2.04. The van der Waals surface area contributed by atoms with Gasteiger partial charge in [0.1, 0.15) is 0 Å². The van der Waals surface area contributed by atoms with Crippen molar-refractivity contribution in [3.8, 4) is 0 Å². The van der Waals surface area contributed by atoms with Gasteiger partial charge in [-0.3, -0.25) is 0 Å². The van der Waals surface area contributed by atoms with Gasteiger partial charge in [0.15, 0.2) is 0 Å². The Morgan fingerprint density at radius 2 is 1.75 bits per heavy atom. The van der Waals surface area contributed by atoms with Gasteiger partial charge in [0, 0.05) is 5.54 Å². The molecule has 0 aromatic carbocycles. The second-order valence-electron chi connectivity index (χ2n) is 2.36. The molecule has 0 heterocycles. The van der Waals surface area contributed by atoms with E-state index in [9.17, 15) is 4.48 Å². The van der Waals surface area contributed by atoms with E-state index in [0.717, 1.165) is 12.8 Å². The second kappa shape index (κ2) is 3.02. The minimum Gasteiger partial charge on any atom is -0.153 e. The van der Waals surface area contributed by atoms with Crippen LogP contribution in [-0.4, -0.2) is 5.54 Å². The summed E-state index contributed by atoms with van der Waals surface area (Å²) in [5.41, 5.74) is 1.49. The Bertz CT molecular complexity index is 51.3. The van der Waals surface area contributed by atoms with Gasteiger partial charge < -0.3 is 0 Å². The highest BCUT2D eigenvalue weighted by Crippen LogP contribution is 2.12. The summed E-state index contributed by atoms with van der Waals surface area (Å²) >= 11 is 0. The quantitative estimate of drug-likeness (QED) is 0.560. The van der Waals surface area contributed by atoms with E-state index in [0.29, 0.717) is 0 Å². The minimum absolute atomic E-state index is 0.292. The van der Waals surface area contributed by atoms with E-state index in [1.165, 1.54) is 0 Å².